The summed E-state index contributed by atoms with van der Waals surface area (Å²) >= 11 is 0. The number of fused-ring (bicyclic) bond motifs is 1. The Balaban J connectivity index is 2.15. The fourth-order valence-corrected chi connectivity index (χ4v) is 2.57. The number of benzene rings is 2. The lowest BCUT2D eigenvalue weighted by Gasteiger charge is -2.15. The van der Waals surface area contributed by atoms with Gasteiger partial charge in [0, 0.05) is 11.9 Å². The average Bonchev–Trinajstić information content (AvgIpc) is 2.53. The number of carbonyl (C=O) groups is 1. The molecule has 2 N–H and O–H groups in total. The third-order valence-corrected chi connectivity index (χ3v) is 3.80. The minimum absolute atomic E-state index is 0.502. The number of aliphatic carboxylic acids is 1. The number of carboxylic acids is 1. The van der Waals surface area contributed by atoms with Crippen LogP contribution in [-0.4, -0.2) is 24.2 Å². The number of ether oxygens (including phenoxy) is 1. The Labute approximate surface area is 131 Å². The minimum Gasteiger partial charge on any atom is -0.496 e. The summed E-state index contributed by atoms with van der Waals surface area (Å²) in [5, 5.41) is 14.6. The zero-order chi connectivity index (χ0) is 15.9. The van der Waals surface area contributed by atoms with Crippen LogP contribution < -0.4 is 10.1 Å². The van der Waals surface area contributed by atoms with Crippen LogP contribution in [0.15, 0.2) is 36.4 Å². The highest BCUT2D eigenvalue weighted by molar-refractivity contribution is 5.89. The molecule has 1 unspecified atom stereocenters. The second kappa shape index (κ2) is 7.80. The monoisotopic (exact) mass is 301 g/mol. The van der Waals surface area contributed by atoms with Crippen molar-refractivity contribution in [3.8, 4) is 5.75 Å². The number of rotatable bonds is 8. The molecule has 4 heteroatoms. The van der Waals surface area contributed by atoms with Crippen LogP contribution in [0.25, 0.3) is 10.8 Å². The van der Waals surface area contributed by atoms with Crippen LogP contribution in [-0.2, 0) is 11.3 Å². The Kier molecular flexibility index (Phi) is 5.78. The topological polar surface area (TPSA) is 58.6 Å². The zero-order valence-electron chi connectivity index (χ0n) is 13.1. The molecule has 1 atom stereocenters. The molecule has 4 nitrogen and oxygen atoms in total. The van der Waals surface area contributed by atoms with Gasteiger partial charge in [-0.2, -0.15) is 0 Å². The molecule has 2 aromatic rings. The molecule has 0 saturated carbocycles. The first kappa shape index (κ1) is 16.3. The van der Waals surface area contributed by atoms with Crippen LogP contribution in [0.2, 0.25) is 0 Å². The summed E-state index contributed by atoms with van der Waals surface area (Å²) in [4.78, 5) is 11.3. The van der Waals surface area contributed by atoms with Gasteiger partial charge in [0.1, 0.15) is 11.8 Å². The number of hydrogen-bond donors (Lipinski definition) is 2. The molecule has 0 bridgehead atoms. The van der Waals surface area contributed by atoms with Gasteiger partial charge in [0.15, 0.2) is 0 Å². The van der Waals surface area contributed by atoms with Crippen molar-refractivity contribution < 1.29 is 14.6 Å². The van der Waals surface area contributed by atoms with E-state index in [9.17, 15) is 9.90 Å². The Morgan fingerprint density at radius 3 is 2.77 bits per heavy atom. The lowest BCUT2D eigenvalue weighted by Crippen LogP contribution is -2.36. The minimum atomic E-state index is -0.791. The highest BCUT2D eigenvalue weighted by Crippen LogP contribution is 2.27. The maximum Gasteiger partial charge on any atom is 0.320 e. The molecular formula is C18H23NO3. The van der Waals surface area contributed by atoms with Crippen LogP contribution in [0.1, 0.15) is 31.7 Å². The Morgan fingerprint density at radius 2 is 2.09 bits per heavy atom. The zero-order valence-corrected chi connectivity index (χ0v) is 13.1. The smallest absolute Gasteiger partial charge is 0.320 e. The van der Waals surface area contributed by atoms with Crippen molar-refractivity contribution in [3.05, 3.63) is 42.0 Å². The predicted molar refractivity (Wildman–Crippen MR) is 88.3 cm³/mol. The van der Waals surface area contributed by atoms with E-state index in [2.05, 4.69) is 18.3 Å². The fourth-order valence-electron chi connectivity index (χ4n) is 2.57. The standard InChI is InChI=1S/C18H23NO3/c1-3-4-9-16(18(20)21)19-12-13-10-14-7-5-6-8-15(14)17(11-13)22-2/h5-8,10-11,16,19H,3-4,9,12H2,1-2H3,(H,20,21). The molecule has 22 heavy (non-hydrogen) atoms. The SMILES string of the molecule is CCCCC(NCc1cc(OC)c2ccccc2c1)C(=O)O. The highest BCUT2D eigenvalue weighted by Gasteiger charge is 2.16. The summed E-state index contributed by atoms with van der Waals surface area (Å²) in [5.41, 5.74) is 1.03. The second-order valence-corrected chi connectivity index (χ2v) is 5.43. The van der Waals surface area contributed by atoms with E-state index in [0.717, 1.165) is 34.9 Å². The van der Waals surface area contributed by atoms with Crippen molar-refractivity contribution in [2.45, 2.75) is 38.8 Å². The van der Waals surface area contributed by atoms with E-state index in [1.807, 2.05) is 30.3 Å². The number of nitrogens with one attached hydrogen (secondary N) is 1. The number of methoxy groups -OCH3 is 1. The van der Waals surface area contributed by atoms with Gasteiger partial charge in [0.05, 0.1) is 7.11 Å². The maximum absolute atomic E-state index is 11.3. The maximum atomic E-state index is 11.3. The van der Waals surface area contributed by atoms with Crippen molar-refractivity contribution in [2.24, 2.45) is 0 Å². The molecule has 0 spiro atoms. The van der Waals surface area contributed by atoms with Gasteiger partial charge in [0.25, 0.3) is 0 Å². The predicted octanol–water partition coefficient (Wildman–Crippen LogP) is 3.58. The Morgan fingerprint density at radius 1 is 1.32 bits per heavy atom. The van der Waals surface area contributed by atoms with E-state index in [1.54, 1.807) is 7.11 Å². The molecule has 0 heterocycles. The Hall–Kier alpha value is -2.07. The molecule has 0 aliphatic heterocycles. The van der Waals surface area contributed by atoms with Crippen LogP contribution in [0.5, 0.6) is 5.75 Å². The molecular weight excluding hydrogens is 278 g/mol. The third-order valence-electron chi connectivity index (χ3n) is 3.80. The van der Waals surface area contributed by atoms with Gasteiger partial charge in [-0.15, -0.1) is 0 Å². The van der Waals surface area contributed by atoms with Crippen molar-refractivity contribution in [2.75, 3.05) is 7.11 Å². The van der Waals surface area contributed by atoms with Crippen LogP contribution in [0.4, 0.5) is 0 Å². The van der Waals surface area contributed by atoms with Crippen molar-refractivity contribution >= 4 is 16.7 Å². The van der Waals surface area contributed by atoms with Gasteiger partial charge < -0.3 is 15.2 Å². The lowest BCUT2D eigenvalue weighted by molar-refractivity contribution is -0.139. The van der Waals surface area contributed by atoms with Gasteiger partial charge in [-0.05, 0) is 29.5 Å². The average molecular weight is 301 g/mol. The molecule has 0 fully saturated rings. The summed E-state index contributed by atoms with van der Waals surface area (Å²) in [5.74, 6) is 0.0246. The van der Waals surface area contributed by atoms with Crippen molar-refractivity contribution in [1.29, 1.82) is 0 Å². The van der Waals surface area contributed by atoms with E-state index < -0.39 is 12.0 Å². The number of carboxylic acid groups (broad SMARTS) is 1. The summed E-state index contributed by atoms with van der Waals surface area (Å²) in [6.45, 7) is 2.58. The summed E-state index contributed by atoms with van der Waals surface area (Å²) in [7, 11) is 1.65. The molecule has 2 rings (SSSR count). The van der Waals surface area contributed by atoms with E-state index in [0.29, 0.717) is 13.0 Å². The summed E-state index contributed by atoms with van der Waals surface area (Å²) < 4.78 is 5.44. The van der Waals surface area contributed by atoms with E-state index in [4.69, 9.17) is 4.74 Å². The van der Waals surface area contributed by atoms with Gasteiger partial charge >= 0.3 is 5.97 Å². The van der Waals surface area contributed by atoms with E-state index in [1.165, 1.54) is 0 Å². The molecule has 118 valence electrons. The molecule has 0 radical (unpaired) electrons. The van der Waals surface area contributed by atoms with E-state index in [-0.39, 0.29) is 0 Å². The number of unbranched alkanes of at least 4 members (excludes halogenated alkanes) is 1. The highest BCUT2D eigenvalue weighted by atomic mass is 16.5. The van der Waals surface area contributed by atoms with Crippen LogP contribution in [0.3, 0.4) is 0 Å². The van der Waals surface area contributed by atoms with Crippen LogP contribution in [0, 0.1) is 0 Å². The van der Waals surface area contributed by atoms with Crippen molar-refractivity contribution in [3.63, 3.8) is 0 Å². The third kappa shape index (κ3) is 3.98. The fraction of sp³-hybridized carbons (Fsp3) is 0.389. The van der Waals surface area contributed by atoms with Gasteiger partial charge in [-0.25, -0.2) is 0 Å². The quantitative estimate of drug-likeness (QED) is 0.782. The molecule has 0 aliphatic rings. The Bertz CT molecular complexity index is 639. The summed E-state index contributed by atoms with van der Waals surface area (Å²) in [6, 6.07) is 11.6. The molecule has 0 aliphatic carbocycles. The van der Waals surface area contributed by atoms with Gasteiger partial charge in [-0.1, -0.05) is 44.0 Å². The van der Waals surface area contributed by atoms with E-state index >= 15 is 0 Å². The largest absolute Gasteiger partial charge is 0.496 e. The first-order chi connectivity index (χ1) is 10.7. The first-order valence-electron chi connectivity index (χ1n) is 7.67. The summed E-state index contributed by atoms with van der Waals surface area (Å²) in [6.07, 6.45) is 2.55. The lowest BCUT2D eigenvalue weighted by atomic mass is 10.0. The first-order valence-corrected chi connectivity index (χ1v) is 7.67. The van der Waals surface area contributed by atoms with Crippen molar-refractivity contribution in [1.82, 2.24) is 5.32 Å². The molecule has 2 aromatic carbocycles. The second-order valence-electron chi connectivity index (χ2n) is 5.43. The number of hydrogen-bond acceptors (Lipinski definition) is 3. The normalized spacial score (nSPS) is 12.3. The molecule has 0 saturated heterocycles. The molecule has 0 aromatic heterocycles. The van der Waals surface area contributed by atoms with Gasteiger partial charge in [0.2, 0.25) is 0 Å². The molecule has 0 amide bonds. The van der Waals surface area contributed by atoms with Gasteiger partial charge in [-0.3, -0.25) is 4.79 Å². The van der Waals surface area contributed by atoms with Crippen LogP contribution >= 0.6 is 0 Å².